The second kappa shape index (κ2) is 16.6. The zero-order chi connectivity index (χ0) is 34.1. The first-order chi connectivity index (χ1) is 22.4. The molecule has 4 rings (SSSR count). The summed E-state index contributed by atoms with van der Waals surface area (Å²) in [6.45, 7) is 6.90. The van der Waals surface area contributed by atoms with Crippen molar-refractivity contribution in [2.75, 3.05) is 39.0 Å². The molecular formula is C34H41ClIN6O4P. The molecule has 4 aromatic rings. The molecule has 0 fully saturated rings. The predicted octanol–water partition coefficient (Wildman–Crippen LogP) is 7.60. The van der Waals surface area contributed by atoms with Crippen LogP contribution in [0.25, 0.3) is 22.0 Å². The van der Waals surface area contributed by atoms with Crippen molar-refractivity contribution < 1.29 is 19.1 Å². The highest BCUT2D eigenvalue weighted by Crippen LogP contribution is 2.33. The lowest BCUT2D eigenvalue weighted by molar-refractivity contribution is -0.121. The van der Waals surface area contributed by atoms with E-state index in [1.807, 2.05) is 85.9 Å². The van der Waals surface area contributed by atoms with Crippen molar-refractivity contribution in [1.82, 2.24) is 24.7 Å². The molecule has 0 saturated carbocycles. The molecule has 1 heterocycles. The molecule has 1 unspecified atom stereocenters. The maximum absolute atomic E-state index is 13.1. The van der Waals surface area contributed by atoms with Crippen LogP contribution in [0.4, 0.5) is 10.5 Å². The number of rotatable bonds is 13. The monoisotopic (exact) mass is 790 g/mol. The van der Waals surface area contributed by atoms with Gasteiger partial charge in [-0.3, -0.25) is 9.59 Å². The van der Waals surface area contributed by atoms with Gasteiger partial charge < -0.3 is 25.2 Å². The van der Waals surface area contributed by atoms with Crippen LogP contribution in [0.2, 0.25) is 5.02 Å². The average molecular weight is 791 g/mol. The van der Waals surface area contributed by atoms with E-state index in [2.05, 4.69) is 37.8 Å². The van der Waals surface area contributed by atoms with E-state index in [1.165, 1.54) is 4.90 Å². The molecule has 0 radical (unpaired) electrons. The molecule has 2 N–H and O–H groups in total. The number of hydrogen-bond donors (Lipinski definition) is 2. The lowest BCUT2D eigenvalue weighted by atomic mass is 10.0. The Bertz CT molecular complexity index is 1710. The van der Waals surface area contributed by atoms with Crippen LogP contribution in [0.3, 0.4) is 0 Å². The summed E-state index contributed by atoms with van der Waals surface area (Å²) in [4.78, 5) is 41.7. The van der Waals surface area contributed by atoms with Gasteiger partial charge in [-0.25, -0.2) is 9.25 Å². The quantitative estimate of drug-likeness (QED) is 0.0821. The normalized spacial score (nSPS) is 11.6. The van der Waals surface area contributed by atoms with Gasteiger partial charge in [0.2, 0.25) is 5.91 Å². The molecule has 13 heteroatoms. The van der Waals surface area contributed by atoms with E-state index >= 15 is 0 Å². The summed E-state index contributed by atoms with van der Waals surface area (Å²) in [7, 11) is 3.45. The van der Waals surface area contributed by atoms with Gasteiger partial charge in [0.15, 0.2) is 0 Å². The van der Waals surface area contributed by atoms with Crippen molar-refractivity contribution in [2.24, 2.45) is 0 Å². The number of hydrogen-bond acceptors (Lipinski definition) is 6. The Morgan fingerprint density at radius 2 is 1.79 bits per heavy atom. The van der Waals surface area contributed by atoms with Gasteiger partial charge in [-0.2, -0.15) is 5.10 Å². The summed E-state index contributed by atoms with van der Waals surface area (Å²) >= 11 is 8.89. The zero-order valence-electron chi connectivity index (χ0n) is 27.3. The Balaban J connectivity index is 1.32. The summed E-state index contributed by atoms with van der Waals surface area (Å²) in [6.07, 6.45) is 2.49. The third-order valence-corrected chi connectivity index (χ3v) is 9.37. The van der Waals surface area contributed by atoms with Gasteiger partial charge >= 0.3 is 6.09 Å². The van der Waals surface area contributed by atoms with E-state index in [-0.39, 0.29) is 31.3 Å². The number of carbonyl (C=O) groups is 3. The number of halogens is 2. The molecule has 10 nitrogen and oxygen atoms in total. The van der Waals surface area contributed by atoms with Gasteiger partial charge in [0, 0.05) is 73.9 Å². The van der Waals surface area contributed by atoms with Gasteiger partial charge in [-0.05, 0) is 78.6 Å². The number of benzene rings is 3. The summed E-state index contributed by atoms with van der Waals surface area (Å²) < 4.78 is 7.52. The first-order valence-electron chi connectivity index (χ1n) is 15.3. The highest BCUT2D eigenvalue weighted by atomic mass is 127. The van der Waals surface area contributed by atoms with E-state index < -0.39 is 11.7 Å². The number of ether oxygens (including phenoxy) is 1. The number of carbonyl (C=O) groups excluding carboxylic acids is 3. The van der Waals surface area contributed by atoms with Gasteiger partial charge in [-0.1, -0.05) is 54.1 Å². The first kappa shape index (κ1) is 36.4. The topological polar surface area (TPSA) is 109 Å². The second-order valence-electron chi connectivity index (χ2n) is 12.3. The van der Waals surface area contributed by atoms with Crippen LogP contribution in [0, 0.1) is 0 Å². The van der Waals surface area contributed by atoms with E-state index in [0.29, 0.717) is 36.5 Å². The van der Waals surface area contributed by atoms with Gasteiger partial charge in [-0.15, -0.1) is 0 Å². The molecule has 0 aliphatic heterocycles. The molecule has 0 aliphatic rings. The van der Waals surface area contributed by atoms with E-state index in [4.69, 9.17) is 16.3 Å². The van der Waals surface area contributed by atoms with Crippen LogP contribution in [0.1, 0.15) is 49.5 Å². The van der Waals surface area contributed by atoms with Crippen LogP contribution in [0.5, 0.6) is 0 Å². The maximum atomic E-state index is 13.1. The summed E-state index contributed by atoms with van der Waals surface area (Å²) in [5.74, 6) is -0.249. The third kappa shape index (κ3) is 10.3. The van der Waals surface area contributed by atoms with Crippen molar-refractivity contribution in [1.29, 1.82) is 0 Å². The molecule has 1 atom stereocenters. The summed E-state index contributed by atoms with van der Waals surface area (Å²) in [5, 5.41) is 12.3. The molecule has 0 saturated heterocycles. The highest BCUT2D eigenvalue weighted by molar-refractivity contribution is 14.2. The fourth-order valence-corrected chi connectivity index (χ4v) is 6.72. The Morgan fingerprint density at radius 1 is 1.04 bits per heavy atom. The Hall–Kier alpha value is -3.41. The number of nitrogens with one attached hydrogen (secondary N) is 2. The Morgan fingerprint density at radius 3 is 2.45 bits per heavy atom. The molecular weight excluding hydrogens is 750 g/mol. The van der Waals surface area contributed by atoms with Crippen LogP contribution in [0.15, 0.2) is 66.9 Å². The molecule has 0 spiro atoms. The van der Waals surface area contributed by atoms with Crippen molar-refractivity contribution in [2.45, 2.75) is 45.8 Å². The van der Waals surface area contributed by atoms with Crippen molar-refractivity contribution in [3.05, 3.63) is 83.0 Å². The molecule has 0 aliphatic carbocycles. The number of nitrogens with zero attached hydrogens (tertiary/aromatic N) is 4. The lowest BCUT2D eigenvalue weighted by Crippen LogP contribution is -2.39. The molecule has 1 aromatic heterocycles. The third-order valence-electron chi connectivity index (χ3n) is 7.17. The van der Waals surface area contributed by atoms with Gasteiger partial charge in [0.25, 0.3) is 5.91 Å². The van der Waals surface area contributed by atoms with E-state index in [1.54, 1.807) is 25.2 Å². The minimum Gasteiger partial charge on any atom is -0.444 e. The largest absolute Gasteiger partial charge is 0.444 e. The maximum Gasteiger partial charge on any atom is 0.410 e. The number of amides is 3. The standard InChI is InChI=1S/C34H41ClIN6O4P/c1-34(2,3)46-33(45)41(22-23-12-13-26(28(35)18-23)24-10-7-6-8-11-24)17-14-31(43)38-16-9-15-37-29-19-25(32(44)40(4)5)20-30-27(29)21-39-42(30)47-36/h6-8,10-13,18-21,37,47H,9,14-17,22H2,1-5H3,(H,38,43). The molecule has 3 amide bonds. The predicted molar refractivity (Wildman–Crippen MR) is 200 cm³/mol. The van der Waals surface area contributed by atoms with Crippen LogP contribution < -0.4 is 10.6 Å². The minimum absolute atomic E-state index is 0.0838. The zero-order valence-corrected chi connectivity index (χ0v) is 31.2. The molecule has 47 heavy (non-hydrogen) atoms. The fraction of sp³-hybridized carbons (Fsp3) is 0.353. The van der Waals surface area contributed by atoms with E-state index in [0.717, 1.165) is 33.3 Å². The van der Waals surface area contributed by atoms with Crippen molar-refractivity contribution in [3.63, 3.8) is 0 Å². The minimum atomic E-state index is -0.681. The smallest absolute Gasteiger partial charge is 0.410 e. The SMILES string of the molecule is CN(C)C(=O)c1cc(NCCCNC(=O)CCN(Cc2ccc(-c3ccccc3)c(Cl)c2)C(=O)OC(C)(C)C)c2cnn(PI)c2c1. The van der Waals surface area contributed by atoms with Crippen LogP contribution >= 0.6 is 40.0 Å². The van der Waals surface area contributed by atoms with Crippen LogP contribution in [-0.2, 0) is 16.1 Å². The Kier molecular flexibility index (Phi) is 12.9. The second-order valence-corrected chi connectivity index (χ2v) is 14.7. The molecule has 0 bridgehead atoms. The number of anilines is 1. The van der Waals surface area contributed by atoms with Crippen molar-refractivity contribution in [3.8, 4) is 11.1 Å². The molecule has 250 valence electrons. The first-order valence-corrected chi connectivity index (χ1v) is 19.7. The number of fused-ring (bicyclic) bond motifs is 1. The summed E-state index contributed by atoms with van der Waals surface area (Å²) in [6, 6.07) is 19.3. The molecule has 3 aromatic carbocycles. The van der Waals surface area contributed by atoms with Gasteiger partial charge in [0.1, 0.15) is 5.60 Å². The lowest BCUT2D eigenvalue weighted by Gasteiger charge is -2.27. The fourth-order valence-electron chi connectivity index (χ4n) is 4.88. The van der Waals surface area contributed by atoms with Crippen LogP contribution in [-0.4, -0.2) is 76.6 Å². The van der Waals surface area contributed by atoms with E-state index in [9.17, 15) is 14.4 Å². The highest BCUT2D eigenvalue weighted by Gasteiger charge is 2.23. The Labute approximate surface area is 295 Å². The number of aromatic nitrogens is 2. The van der Waals surface area contributed by atoms with Gasteiger partial charge in [0.05, 0.1) is 18.1 Å². The summed E-state index contributed by atoms with van der Waals surface area (Å²) in [5.41, 5.74) is 4.37. The average Bonchev–Trinajstić information content (AvgIpc) is 3.45. The van der Waals surface area contributed by atoms with Crippen molar-refractivity contribution >= 4 is 74.5 Å².